The van der Waals surface area contributed by atoms with E-state index in [1.807, 2.05) is 6.92 Å². The second-order valence-corrected chi connectivity index (χ2v) is 6.96. The van der Waals surface area contributed by atoms with Gasteiger partial charge in [-0.2, -0.15) is 0 Å². The number of rotatable bonds is 4. The van der Waals surface area contributed by atoms with Crippen LogP contribution in [0.1, 0.15) is 58.8 Å². The molecule has 120 valence electrons. The molecular weight excluding hydrogens is 268 g/mol. The molecule has 0 spiro atoms. The summed E-state index contributed by atoms with van der Waals surface area (Å²) >= 11 is 0. The molecule has 1 aliphatic carbocycles. The lowest BCUT2D eigenvalue weighted by molar-refractivity contribution is -0.152. The van der Waals surface area contributed by atoms with Crippen molar-refractivity contribution >= 4 is 11.9 Å². The number of hydrogen-bond donors (Lipinski definition) is 3. The van der Waals surface area contributed by atoms with Crippen molar-refractivity contribution in [2.24, 2.45) is 11.3 Å². The van der Waals surface area contributed by atoms with Crippen LogP contribution in [0.4, 0.5) is 0 Å². The Balaban J connectivity index is 2.16. The number of carboxylic acid groups (broad SMARTS) is 1. The molecule has 0 aromatic carbocycles. The van der Waals surface area contributed by atoms with E-state index in [-0.39, 0.29) is 5.91 Å². The summed E-state index contributed by atoms with van der Waals surface area (Å²) in [6.45, 7) is 5.68. The van der Waals surface area contributed by atoms with Crippen LogP contribution in [0.3, 0.4) is 0 Å². The van der Waals surface area contributed by atoms with Crippen LogP contribution in [0.5, 0.6) is 0 Å². The highest BCUT2D eigenvalue weighted by molar-refractivity contribution is 5.90. The number of hydrogen-bond acceptors (Lipinski definition) is 3. The number of nitrogens with one attached hydrogen (secondary N) is 2. The lowest BCUT2D eigenvalue weighted by Crippen LogP contribution is -2.61. The first-order valence-electron chi connectivity index (χ1n) is 8.21. The van der Waals surface area contributed by atoms with E-state index < -0.39 is 16.9 Å². The van der Waals surface area contributed by atoms with E-state index in [4.69, 9.17) is 0 Å². The lowest BCUT2D eigenvalue weighted by Gasteiger charge is -2.42. The van der Waals surface area contributed by atoms with Crippen molar-refractivity contribution in [2.45, 2.75) is 64.3 Å². The molecule has 1 saturated heterocycles. The third-order valence-electron chi connectivity index (χ3n) is 5.39. The van der Waals surface area contributed by atoms with Crippen LogP contribution in [0.15, 0.2) is 0 Å². The van der Waals surface area contributed by atoms with Crippen LogP contribution in [0.25, 0.3) is 0 Å². The smallest absolute Gasteiger partial charge is 0.329 e. The van der Waals surface area contributed by atoms with Gasteiger partial charge in [0.1, 0.15) is 5.54 Å². The normalized spacial score (nSPS) is 37.0. The Hall–Kier alpha value is -1.10. The van der Waals surface area contributed by atoms with E-state index in [1.165, 1.54) is 0 Å². The SMILES string of the molecule is CCC1(C(=O)NC2(C(=O)O)CCCC(C)C2)CCCNC1. The van der Waals surface area contributed by atoms with E-state index in [2.05, 4.69) is 17.6 Å². The van der Waals surface area contributed by atoms with E-state index in [1.54, 1.807) is 0 Å². The first-order chi connectivity index (χ1) is 9.94. The Kier molecular flexibility index (Phi) is 4.91. The van der Waals surface area contributed by atoms with Gasteiger partial charge in [-0.25, -0.2) is 4.79 Å². The van der Waals surface area contributed by atoms with Crippen molar-refractivity contribution in [3.63, 3.8) is 0 Å². The van der Waals surface area contributed by atoms with E-state index in [9.17, 15) is 14.7 Å². The average Bonchev–Trinajstić information content (AvgIpc) is 2.47. The van der Waals surface area contributed by atoms with Crippen LogP contribution in [-0.2, 0) is 9.59 Å². The Morgan fingerprint density at radius 3 is 2.62 bits per heavy atom. The molecule has 5 nitrogen and oxygen atoms in total. The lowest BCUT2D eigenvalue weighted by atomic mass is 9.73. The number of aliphatic carboxylic acids is 1. The maximum Gasteiger partial charge on any atom is 0.329 e. The molecule has 0 aromatic heterocycles. The number of amides is 1. The minimum absolute atomic E-state index is 0.0753. The van der Waals surface area contributed by atoms with Crippen LogP contribution >= 0.6 is 0 Å². The van der Waals surface area contributed by atoms with Gasteiger partial charge in [0.05, 0.1) is 5.41 Å². The molecule has 2 aliphatic rings. The summed E-state index contributed by atoms with van der Waals surface area (Å²) in [6.07, 6.45) is 5.56. The standard InChI is InChI=1S/C16H28N2O3/c1-3-15(7-5-9-17-11-15)13(19)18-16(14(20)21)8-4-6-12(2)10-16/h12,17H,3-11H2,1-2H3,(H,18,19)(H,20,21). The molecule has 1 saturated carbocycles. The molecule has 1 aliphatic heterocycles. The summed E-state index contributed by atoms with van der Waals surface area (Å²) in [5.41, 5.74) is -1.50. The summed E-state index contributed by atoms with van der Waals surface area (Å²) in [5, 5.41) is 15.9. The Morgan fingerprint density at radius 2 is 2.10 bits per heavy atom. The number of carboxylic acids is 1. The van der Waals surface area contributed by atoms with Crippen molar-refractivity contribution in [2.75, 3.05) is 13.1 Å². The highest BCUT2D eigenvalue weighted by Crippen LogP contribution is 2.36. The van der Waals surface area contributed by atoms with Gasteiger partial charge in [0, 0.05) is 6.54 Å². The van der Waals surface area contributed by atoms with Crippen LogP contribution < -0.4 is 10.6 Å². The fraction of sp³-hybridized carbons (Fsp3) is 0.875. The van der Waals surface area contributed by atoms with E-state index in [0.717, 1.165) is 38.6 Å². The minimum Gasteiger partial charge on any atom is -0.480 e. The monoisotopic (exact) mass is 296 g/mol. The van der Waals surface area contributed by atoms with Gasteiger partial charge in [0.15, 0.2) is 0 Å². The van der Waals surface area contributed by atoms with Gasteiger partial charge < -0.3 is 15.7 Å². The first kappa shape index (κ1) is 16.3. The predicted octanol–water partition coefficient (Wildman–Crippen LogP) is 1.92. The number of carbonyl (C=O) groups is 2. The van der Waals surface area contributed by atoms with Crippen LogP contribution in [0, 0.1) is 11.3 Å². The van der Waals surface area contributed by atoms with Gasteiger partial charge in [-0.05, 0) is 44.6 Å². The van der Waals surface area contributed by atoms with Crippen molar-refractivity contribution < 1.29 is 14.7 Å². The van der Waals surface area contributed by atoms with Crippen molar-refractivity contribution in [3.8, 4) is 0 Å². The number of carbonyl (C=O) groups excluding carboxylic acids is 1. The highest BCUT2D eigenvalue weighted by atomic mass is 16.4. The topological polar surface area (TPSA) is 78.4 Å². The fourth-order valence-electron chi connectivity index (χ4n) is 3.89. The zero-order chi connectivity index (χ0) is 15.5. The molecule has 21 heavy (non-hydrogen) atoms. The minimum atomic E-state index is -1.06. The molecule has 3 atom stereocenters. The molecule has 2 rings (SSSR count). The molecule has 1 amide bonds. The van der Waals surface area contributed by atoms with Gasteiger partial charge in [0.25, 0.3) is 0 Å². The quantitative estimate of drug-likeness (QED) is 0.740. The zero-order valence-corrected chi connectivity index (χ0v) is 13.2. The van der Waals surface area contributed by atoms with E-state index in [0.29, 0.717) is 25.3 Å². The molecular formula is C16H28N2O3. The van der Waals surface area contributed by atoms with Gasteiger partial charge in [-0.3, -0.25) is 4.79 Å². The average molecular weight is 296 g/mol. The van der Waals surface area contributed by atoms with Gasteiger partial charge >= 0.3 is 5.97 Å². The molecule has 5 heteroatoms. The summed E-state index contributed by atoms with van der Waals surface area (Å²) in [7, 11) is 0. The zero-order valence-electron chi connectivity index (χ0n) is 13.2. The highest BCUT2D eigenvalue weighted by Gasteiger charge is 2.47. The summed E-state index contributed by atoms with van der Waals surface area (Å²) in [5.74, 6) is -0.608. The molecule has 2 fully saturated rings. The summed E-state index contributed by atoms with van der Waals surface area (Å²) < 4.78 is 0. The summed E-state index contributed by atoms with van der Waals surface area (Å²) in [4.78, 5) is 24.6. The molecule has 3 unspecified atom stereocenters. The first-order valence-corrected chi connectivity index (χ1v) is 8.21. The Bertz CT molecular complexity index is 404. The molecule has 0 aromatic rings. The van der Waals surface area contributed by atoms with Gasteiger partial charge in [0.2, 0.25) is 5.91 Å². The molecule has 0 bridgehead atoms. The van der Waals surface area contributed by atoms with Crippen molar-refractivity contribution in [1.29, 1.82) is 0 Å². The van der Waals surface area contributed by atoms with Gasteiger partial charge in [-0.15, -0.1) is 0 Å². The van der Waals surface area contributed by atoms with E-state index >= 15 is 0 Å². The van der Waals surface area contributed by atoms with Crippen LogP contribution in [-0.4, -0.2) is 35.6 Å². The second kappa shape index (κ2) is 6.34. The Labute approximate surface area is 126 Å². The fourth-order valence-corrected chi connectivity index (χ4v) is 3.89. The Morgan fingerprint density at radius 1 is 1.33 bits per heavy atom. The maximum absolute atomic E-state index is 12.8. The van der Waals surface area contributed by atoms with Gasteiger partial charge in [-0.1, -0.05) is 26.7 Å². The third-order valence-corrected chi connectivity index (χ3v) is 5.39. The molecule has 3 N–H and O–H groups in total. The second-order valence-electron chi connectivity index (χ2n) is 6.96. The predicted molar refractivity (Wildman–Crippen MR) is 81.0 cm³/mol. The molecule has 1 heterocycles. The maximum atomic E-state index is 12.8. The van der Waals surface area contributed by atoms with Crippen molar-refractivity contribution in [3.05, 3.63) is 0 Å². The summed E-state index contributed by atoms with van der Waals surface area (Å²) in [6, 6.07) is 0. The third kappa shape index (κ3) is 3.23. The molecule has 0 radical (unpaired) electrons. The van der Waals surface area contributed by atoms with Crippen LogP contribution in [0.2, 0.25) is 0 Å². The number of piperidine rings is 1. The van der Waals surface area contributed by atoms with Crippen molar-refractivity contribution in [1.82, 2.24) is 10.6 Å². The largest absolute Gasteiger partial charge is 0.480 e.